The van der Waals surface area contributed by atoms with Gasteiger partial charge in [-0.25, -0.2) is 0 Å². The van der Waals surface area contributed by atoms with Gasteiger partial charge < -0.3 is 9.47 Å². The second-order valence-corrected chi connectivity index (χ2v) is 9.09. The number of rotatable bonds is 7. The first-order chi connectivity index (χ1) is 12.1. The fourth-order valence-corrected chi connectivity index (χ4v) is 6.57. The molecule has 4 heteroatoms. The molecule has 0 heterocycles. The van der Waals surface area contributed by atoms with Crippen LogP contribution in [0.4, 0.5) is 0 Å². The van der Waals surface area contributed by atoms with E-state index >= 15 is 0 Å². The van der Waals surface area contributed by atoms with Crippen LogP contribution in [0.2, 0.25) is 0 Å². The Labute approximate surface area is 161 Å². The summed E-state index contributed by atoms with van der Waals surface area (Å²) in [5.74, 6) is 5.48. The first kappa shape index (κ1) is 17.8. The smallest absolute Gasteiger partial charge is 0.124 e. The molecular weight excluding hydrogens is 355 g/mol. The molecule has 25 heavy (non-hydrogen) atoms. The average Bonchev–Trinajstić information content (AvgIpc) is 2.59. The van der Waals surface area contributed by atoms with E-state index in [2.05, 4.69) is 0 Å². The summed E-state index contributed by atoms with van der Waals surface area (Å²) >= 11 is 12.2. The Bertz CT molecular complexity index is 593. The number of benzene rings is 1. The van der Waals surface area contributed by atoms with Crippen LogP contribution in [0.3, 0.4) is 0 Å². The highest BCUT2D eigenvalue weighted by molar-refractivity contribution is 6.18. The SMILES string of the molecule is COc1cc(CCl)c(OCCC23CC4CC(CC(C4)C2)C3)cc1CCl. The van der Waals surface area contributed by atoms with Crippen molar-refractivity contribution in [3.63, 3.8) is 0 Å². The number of hydrogen-bond donors (Lipinski definition) is 0. The third-order valence-electron chi connectivity index (χ3n) is 6.81. The summed E-state index contributed by atoms with van der Waals surface area (Å²) in [5, 5.41) is 0. The van der Waals surface area contributed by atoms with Crippen LogP contribution in [0.25, 0.3) is 0 Å². The molecule has 0 amide bonds. The maximum absolute atomic E-state index is 6.21. The van der Waals surface area contributed by atoms with Crippen LogP contribution in [0.15, 0.2) is 12.1 Å². The standard InChI is InChI=1S/C21H28Cl2O2/c1-24-19-7-18(13-23)20(8-17(19)12-22)25-3-2-21-9-14-4-15(10-21)6-16(5-14)11-21/h7-8,14-16H,2-6,9-13H2,1H3. The second-order valence-electron chi connectivity index (χ2n) is 8.56. The molecule has 0 saturated heterocycles. The molecule has 0 atom stereocenters. The van der Waals surface area contributed by atoms with Gasteiger partial charge in [-0.3, -0.25) is 0 Å². The van der Waals surface area contributed by atoms with E-state index in [0.717, 1.165) is 47.0 Å². The lowest BCUT2D eigenvalue weighted by molar-refractivity contribution is -0.0623. The van der Waals surface area contributed by atoms with Gasteiger partial charge in [0.05, 0.1) is 25.5 Å². The number of alkyl halides is 2. The van der Waals surface area contributed by atoms with Crippen LogP contribution >= 0.6 is 23.2 Å². The number of ether oxygens (including phenoxy) is 2. The van der Waals surface area contributed by atoms with Gasteiger partial charge in [0.25, 0.3) is 0 Å². The molecule has 4 fully saturated rings. The van der Waals surface area contributed by atoms with Gasteiger partial charge in [-0.2, -0.15) is 0 Å². The summed E-state index contributed by atoms with van der Waals surface area (Å²) < 4.78 is 11.6. The van der Waals surface area contributed by atoms with Gasteiger partial charge >= 0.3 is 0 Å². The van der Waals surface area contributed by atoms with Crippen molar-refractivity contribution in [2.75, 3.05) is 13.7 Å². The lowest BCUT2D eigenvalue weighted by Gasteiger charge is -2.57. The van der Waals surface area contributed by atoms with Crippen molar-refractivity contribution in [3.05, 3.63) is 23.3 Å². The van der Waals surface area contributed by atoms with Crippen LogP contribution in [0, 0.1) is 23.2 Å². The fraction of sp³-hybridized carbons (Fsp3) is 0.714. The summed E-state index contributed by atoms with van der Waals surface area (Å²) in [6.07, 6.45) is 9.96. The van der Waals surface area contributed by atoms with E-state index in [9.17, 15) is 0 Å². The van der Waals surface area contributed by atoms with Gasteiger partial charge in [0.15, 0.2) is 0 Å². The molecule has 5 rings (SSSR count). The van der Waals surface area contributed by atoms with Crippen LogP contribution in [0.5, 0.6) is 11.5 Å². The molecule has 2 nitrogen and oxygen atoms in total. The Kier molecular flexibility index (Phi) is 5.12. The predicted molar refractivity (Wildman–Crippen MR) is 103 cm³/mol. The Morgan fingerprint density at radius 3 is 1.96 bits per heavy atom. The second kappa shape index (κ2) is 7.19. The zero-order valence-electron chi connectivity index (χ0n) is 15.0. The van der Waals surface area contributed by atoms with Crippen LogP contribution in [-0.2, 0) is 11.8 Å². The van der Waals surface area contributed by atoms with Crippen molar-refractivity contribution in [2.24, 2.45) is 23.2 Å². The maximum atomic E-state index is 6.21. The molecule has 1 aromatic carbocycles. The molecule has 4 bridgehead atoms. The van der Waals surface area contributed by atoms with Gasteiger partial charge in [0, 0.05) is 11.1 Å². The minimum atomic E-state index is 0.414. The summed E-state index contributed by atoms with van der Waals surface area (Å²) in [7, 11) is 1.66. The van der Waals surface area contributed by atoms with Gasteiger partial charge in [-0.15, -0.1) is 23.2 Å². The first-order valence-electron chi connectivity index (χ1n) is 9.59. The third kappa shape index (κ3) is 3.49. The van der Waals surface area contributed by atoms with Crippen LogP contribution in [0.1, 0.15) is 56.1 Å². The molecule has 0 unspecified atom stereocenters. The van der Waals surface area contributed by atoms with E-state index in [0.29, 0.717) is 17.2 Å². The molecule has 4 aliphatic carbocycles. The highest BCUT2D eigenvalue weighted by atomic mass is 35.5. The minimum Gasteiger partial charge on any atom is -0.496 e. The van der Waals surface area contributed by atoms with Gasteiger partial charge in [-0.1, -0.05) is 0 Å². The summed E-state index contributed by atoms with van der Waals surface area (Å²) in [5.41, 5.74) is 2.50. The zero-order valence-corrected chi connectivity index (χ0v) is 16.5. The average molecular weight is 383 g/mol. The topological polar surface area (TPSA) is 18.5 Å². The van der Waals surface area contributed by atoms with E-state index < -0.39 is 0 Å². The number of hydrogen-bond acceptors (Lipinski definition) is 2. The largest absolute Gasteiger partial charge is 0.496 e. The first-order valence-corrected chi connectivity index (χ1v) is 10.7. The molecule has 0 spiro atoms. The summed E-state index contributed by atoms with van der Waals surface area (Å²) in [6.45, 7) is 0.782. The van der Waals surface area contributed by atoms with E-state index in [1.54, 1.807) is 7.11 Å². The predicted octanol–water partition coefficient (Wildman–Crippen LogP) is 6.16. The van der Waals surface area contributed by atoms with Crippen molar-refractivity contribution in [3.8, 4) is 11.5 Å². The fourth-order valence-electron chi connectivity index (χ4n) is 6.15. The number of methoxy groups -OCH3 is 1. The lowest BCUT2D eigenvalue weighted by Crippen LogP contribution is -2.46. The van der Waals surface area contributed by atoms with Crippen molar-refractivity contribution >= 4 is 23.2 Å². The molecule has 0 aromatic heterocycles. The third-order valence-corrected chi connectivity index (χ3v) is 7.38. The molecule has 4 saturated carbocycles. The van der Waals surface area contributed by atoms with E-state index in [-0.39, 0.29) is 0 Å². The Hall–Kier alpha value is -0.600. The summed E-state index contributed by atoms with van der Waals surface area (Å²) in [6, 6.07) is 3.97. The Balaban J connectivity index is 1.43. The molecular formula is C21H28Cl2O2. The van der Waals surface area contributed by atoms with Crippen LogP contribution < -0.4 is 9.47 Å². The van der Waals surface area contributed by atoms with Crippen molar-refractivity contribution in [1.82, 2.24) is 0 Å². The molecule has 0 N–H and O–H groups in total. The number of halogens is 2. The Morgan fingerprint density at radius 2 is 1.44 bits per heavy atom. The van der Waals surface area contributed by atoms with Gasteiger partial charge in [0.1, 0.15) is 11.5 Å². The van der Waals surface area contributed by atoms with Crippen molar-refractivity contribution < 1.29 is 9.47 Å². The monoisotopic (exact) mass is 382 g/mol. The Morgan fingerprint density at radius 1 is 0.920 bits per heavy atom. The maximum Gasteiger partial charge on any atom is 0.124 e. The summed E-state index contributed by atoms with van der Waals surface area (Å²) in [4.78, 5) is 0. The molecule has 0 radical (unpaired) electrons. The van der Waals surface area contributed by atoms with E-state index in [4.69, 9.17) is 32.7 Å². The molecule has 1 aromatic rings. The molecule has 0 aliphatic heterocycles. The van der Waals surface area contributed by atoms with E-state index in [1.807, 2.05) is 12.1 Å². The van der Waals surface area contributed by atoms with Crippen molar-refractivity contribution in [2.45, 2.75) is 56.7 Å². The van der Waals surface area contributed by atoms with Crippen LogP contribution in [-0.4, -0.2) is 13.7 Å². The lowest BCUT2D eigenvalue weighted by atomic mass is 9.49. The van der Waals surface area contributed by atoms with E-state index in [1.165, 1.54) is 44.9 Å². The van der Waals surface area contributed by atoms with Gasteiger partial charge in [-0.05, 0) is 80.2 Å². The van der Waals surface area contributed by atoms with Crippen molar-refractivity contribution in [1.29, 1.82) is 0 Å². The zero-order chi connectivity index (χ0) is 17.4. The molecule has 4 aliphatic rings. The quantitative estimate of drug-likeness (QED) is 0.525. The highest BCUT2D eigenvalue weighted by Gasteiger charge is 2.50. The molecule has 138 valence electrons. The highest BCUT2D eigenvalue weighted by Crippen LogP contribution is 2.61. The minimum absolute atomic E-state index is 0.414. The van der Waals surface area contributed by atoms with Gasteiger partial charge in [0.2, 0.25) is 0 Å². The normalized spacial score (nSPS) is 32.8.